The normalized spacial score (nSPS) is 10.2. The molecule has 0 bridgehead atoms. The van der Waals surface area contributed by atoms with Crippen LogP contribution in [0.4, 0.5) is 0 Å². The number of carbonyl (C=O) groups excluding carboxylic acids is 1. The lowest BCUT2D eigenvalue weighted by Crippen LogP contribution is -2.02. The molecule has 118 valence electrons. The molecule has 0 saturated heterocycles. The lowest BCUT2D eigenvalue weighted by atomic mass is 10.1. The molecule has 0 saturated carbocycles. The third-order valence-corrected chi connectivity index (χ3v) is 3.64. The summed E-state index contributed by atoms with van der Waals surface area (Å²) in [5, 5.41) is 0. The molecule has 0 amide bonds. The van der Waals surface area contributed by atoms with Crippen molar-refractivity contribution in [2.24, 2.45) is 0 Å². The average molecular weight is 316 g/mol. The highest BCUT2D eigenvalue weighted by molar-refractivity contribution is 5.80. The summed E-state index contributed by atoms with van der Waals surface area (Å²) in [7, 11) is 0. The minimum Gasteiger partial charge on any atom is -0.298 e. The second-order valence-electron chi connectivity index (χ2n) is 5.25. The molecule has 0 aromatic carbocycles. The van der Waals surface area contributed by atoms with E-state index in [4.69, 9.17) is 4.98 Å². The van der Waals surface area contributed by atoms with Crippen molar-refractivity contribution in [2.45, 2.75) is 26.7 Å². The van der Waals surface area contributed by atoms with Gasteiger partial charge in [-0.25, -0.2) is 9.97 Å². The molecule has 0 spiro atoms. The maximum absolute atomic E-state index is 10.8. The Bertz CT molecular complexity index is 970. The molecular formula is C19H16N4O. The number of carbonyl (C=O) groups is 1. The van der Waals surface area contributed by atoms with E-state index in [0.717, 1.165) is 41.5 Å². The summed E-state index contributed by atoms with van der Waals surface area (Å²) >= 11 is 0. The van der Waals surface area contributed by atoms with Gasteiger partial charge in [0.1, 0.15) is 11.0 Å². The fourth-order valence-corrected chi connectivity index (χ4v) is 2.44. The van der Waals surface area contributed by atoms with Crippen molar-refractivity contribution >= 4 is 17.3 Å². The summed E-state index contributed by atoms with van der Waals surface area (Å²) in [6, 6.07) is 1.70. The number of hydrogen-bond acceptors (Lipinski definition) is 5. The van der Waals surface area contributed by atoms with Crippen LogP contribution in [0.3, 0.4) is 0 Å². The number of rotatable bonds is 3. The van der Waals surface area contributed by atoms with Gasteiger partial charge in [-0.05, 0) is 18.9 Å². The first-order valence-corrected chi connectivity index (χ1v) is 7.80. The quantitative estimate of drug-likeness (QED) is 0.549. The van der Waals surface area contributed by atoms with Crippen molar-refractivity contribution in [1.82, 2.24) is 19.9 Å². The predicted molar refractivity (Wildman–Crippen MR) is 91.7 cm³/mol. The summed E-state index contributed by atoms with van der Waals surface area (Å²) in [6.07, 6.45) is 8.94. The van der Waals surface area contributed by atoms with Crippen LogP contribution in [0.1, 0.15) is 46.7 Å². The van der Waals surface area contributed by atoms with Crippen LogP contribution in [0, 0.1) is 11.8 Å². The molecule has 5 heteroatoms. The van der Waals surface area contributed by atoms with Gasteiger partial charge in [-0.1, -0.05) is 25.7 Å². The van der Waals surface area contributed by atoms with Gasteiger partial charge in [-0.15, -0.1) is 0 Å². The van der Waals surface area contributed by atoms with Crippen molar-refractivity contribution < 1.29 is 4.79 Å². The first kappa shape index (κ1) is 15.8. The molecule has 0 fully saturated rings. The first-order valence-electron chi connectivity index (χ1n) is 7.80. The summed E-state index contributed by atoms with van der Waals surface area (Å²) in [6.45, 7) is 4.14. The van der Waals surface area contributed by atoms with Crippen LogP contribution in [0.25, 0.3) is 11.0 Å². The van der Waals surface area contributed by atoms with E-state index < -0.39 is 0 Å². The maximum Gasteiger partial charge on any atom is 0.151 e. The predicted octanol–water partition coefficient (Wildman–Crippen LogP) is 2.76. The zero-order valence-electron chi connectivity index (χ0n) is 13.6. The number of aryl methyl sites for hydroxylation is 2. The standard InChI is InChI=1S/C19H16N4O/c1-3-16-17(4-2)23-19-15(10-21-11-18(19)22-16)6-5-13-7-14(12-24)9-20-8-13/h7-12H,3-4H2,1-2H3. The number of hydrogen-bond donors (Lipinski definition) is 0. The molecule has 3 rings (SSSR count). The summed E-state index contributed by atoms with van der Waals surface area (Å²) in [5.74, 6) is 6.09. The van der Waals surface area contributed by atoms with Crippen LogP contribution >= 0.6 is 0 Å². The van der Waals surface area contributed by atoms with E-state index in [2.05, 4.69) is 40.6 Å². The third-order valence-electron chi connectivity index (χ3n) is 3.64. The highest BCUT2D eigenvalue weighted by Crippen LogP contribution is 2.16. The second kappa shape index (κ2) is 6.97. The van der Waals surface area contributed by atoms with Crippen molar-refractivity contribution in [3.8, 4) is 11.8 Å². The molecule has 3 aromatic heterocycles. The van der Waals surface area contributed by atoms with E-state index in [1.807, 2.05) is 0 Å². The van der Waals surface area contributed by atoms with Crippen LogP contribution in [0.2, 0.25) is 0 Å². The minimum atomic E-state index is 0.499. The van der Waals surface area contributed by atoms with Crippen LogP contribution in [-0.2, 0) is 12.8 Å². The van der Waals surface area contributed by atoms with Crippen molar-refractivity contribution in [3.63, 3.8) is 0 Å². The molecule has 0 aliphatic heterocycles. The SMILES string of the molecule is CCc1nc2cncc(C#Cc3cncc(C=O)c3)c2nc1CC. The monoisotopic (exact) mass is 316 g/mol. The largest absolute Gasteiger partial charge is 0.298 e. The van der Waals surface area contributed by atoms with Crippen molar-refractivity contribution in [1.29, 1.82) is 0 Å². The van der Waals surface area contributed by atoms with E-state index in [0.29, 0.717) is 16.7 Å². The van der Waals surface area contributed by atoms with Gasteiger partial charge in [-0.3, -0.25) is 14.8 Å². The van der Waals surface area contributed by atoms with E-state index >= 15 is 0 Å². The van der Waals surface area contributed by atoms with Gasteiger partial charge in [0.2, 0.25) is 0 Å². The van der Waals surface area contributed by atoms with Crippen LogP contribution in [0.5, 0.6) is 0 Å². The fourth-order valence-electron chi connectivity index (χ4n) is 2.44. The van der Waals surface area contributed by atoms with E-state index in [-0.39, 0.29) is 0 Å². The van der Waals surface area contributed by atoms with E-state index in [9.17, 15) is 4.79 Å². The molecule has 3 aromatic rings. The zero-order valence-corrected chi connectivity index (χ0v) is 13.6. The molecule has 0 aliphatic carbocycles. The molecule has 3 heterocycles. The number of aromatic nitrogens is 4. The van der Waals surface area contributed by atoms with Crippen molar-refractivity contribution in [2.75, 3.05) is 0 Å². The smallest absolute Gasteiger partial charge is 0.151 e. The van der Waals surface area contributed by atoms with Crippen LogP contribution < -0.4 is 0 Å². The van der Waals surface area contributed by atoms with Gasteiger partial charge in [-0.2, -0.15) is 0 Å². The first-order chi connectivity index (χ1) is 11.7. The van der Waals surface area contributed by atoms with Crippen LogP contribution in [0.15, 0.2) is 30.9 Å². The minimum absolute atomic E-state index is 0.499. The van der Waals surface area contributed by atoms with Gasteiger partial charge < -0.3 is 0 Å². The summed E-state index contributed by atoms with van der Waals surface area (Å²) in [4.78, 5) is 28.4. The van der Waals surface area contributed by atoms with Gasteiger partial charge in [0.05, 0.1) is 23.1 Å². The third kappa shape index (κ3) is 3.13. The molecule has 0 atom stereocenters. The molecule has 0 aliphatic rings. The highest BCUT2D eigenvalue weighted by Gasteiger charge is 2.08. The average Bonchev–Trinajstić information content (AvgIpc) is 2.65. The number of nitrogens with zero attached hydrogens (tertiary/aromatic N) is 4. The van der Waals surface area contributed by atoms with Gasteiger partial charge >= 0.3 is 0 Å². The Morgan fingerprint density at radius 1 is 0.958 bits per heavy atom. The molecule has 0 radical (unpaired) electrons. The molecule has 0 unspecified atom stereocenters. The zero-order chi connectivity index (χ0) is 16.9. The molecule has 24 heavy (non-hydrogen) atoms. The molecule has 0 N–H and O–H groups in total. The summed E-state index contributed by atoms with van der Waals surface area (Å²) < 4.78 is 0. The summed E-state index contributed by atoms with van der Waals surface area (Å²) in [5.41, 5.74) is 5.38. The Balaban J connectivity index is 2.10. The van der Waals surface area contributed by atoms with Gasteiger partial charge in [0.25, 0.3) is 0 Å². The lowest BCUT2D eigenvalue weighted by Gasteiger charge is -2.07. The molecular weight excluding hydrogens is 300 g/mol. The lowest BCUT2D eigenvalue weighted by molar-refractivity contribution is 0.112. The number of fused-ring (bicyclic) bond motifs is 1. The Morgan fingerprint density at radius 2 is 1.71 bits per heavy atom. The van der Waals surface area contributed by atoms with Gasteiger partial charge in [0.15, 0.2) is 6.29 Å². The maximum atomic E-state index is 10.8. The van der Waals surface area contributed by atoms with Gasteiger partial charge in [0, 0.05) is 29.7 Å². The fraction of sp³-hybridized carbons (Fsp3) is 0.211. The topological polar surface area (TPSA) is 68.6 Å². The Hall–Kier alpha value is -3.13. The Labute approximate surface area is 140 Å². The molecule has 5 nitrogen and oxygen atoms in total. The number of aldehydes is 1. The highest BCUT2D eigenvalue weighted by atomic mass is 16.1. The number of pyridine rings is 2. The van der Waals surface area contributed by atoms with Crippen LogP contribution in [-0.4, -0.2) is 26.2 Å². The Kier molecular flexibility index (Phi) is 4.57. The van der Waals surface area contributed by atoms with E-state index in [1.54, 1.807) is 24.7 Å². The Morgan fingerprint density at radius 3 is 2.46 bits per heavy atom. The van der Waals surface area contributed by atoms with E-state index in [1.165, 1.54) is 6.20 Å². The van der Waals surface area contributed by atoms with Crippen molar-refractivity contribution in [3.05, 3.63) is 58.9 Å². The second-order valence-corrected chi connectivity index (χ2v) is 5.25.